The van der Waals surface area contributed by atoms with E-state index in [1.807, 2.05) is 14.0 Å². The van der Waals surface area contributed by atoms with E-state index >= 15 is 0 Å². The first-order valence-corrected chi connectivity index (χ1v) is 5.03. The molecule has 2 aromatic heterocycles. The summed E-state index contributed by atoms with van der Waals surface area (Å²) in [5, 5.41) is 12.1. The average Bonchev–Trinajstić information content (AvgIpc) is 2.77. The largest absolute Gasteiger partial charge is 0.421 e. The quantitative estimate of drug-likeness (QED) is 0.767. The molecule has 15 heavy (non-hydrogen) atoms. The molecule has 0 aliphatic heterocycles. The maximum atomic E-state index is 5.53. The van der Waals surface area contributed by atoms with Gasteiger partial charge in [0.25, 0.3) is 5.89 Å². The van der Waals surface area contributed by atoms with Gasteiger partial charge in [0.2, 0.25) is 5.89 Å². The van der Waals surface area contributed by atoms with Crippen LogP contribution in [0, 0.1) is 6.92 Å². The predicted octanol–water partition coefficient (Wildman–Crippen LogP) is 1.73. The lowest BCUT2D eigenvalue weighted by Crippen LogP contribution is -1.92. The predicted molar refractivity (Wildman–Crippen MR) is 55.2 cm³/mol. The number of hydrogen-bond donors (Lipinski definition) is 0. The Hall–Kier alpha value is -1.65. The molecule has 0 aliphatic carbocycles. The topological polar surface area (TPSA) is 56.7 Å². The monoisotopic (exact) mass is 206 g/mol. The van der Waals surface area contributed by atoms with Crippen molar-refractivity contribution in [2.45, 2.75) is 26.7 Å². The van der Waals surface area contributed by atoms with Gasteiger partial charge in [0.15, 0.2) is 0 Å². The number of aromatic nitrogens is 4. The molecule has 0 spiro atoms. The van der Waals surface area contributed by atoms with Crippen molar-refractivity contribution in [2.24, 2.45) is 7.05 Å². The van der Waals surface area contributed by atoms with Crippen molar-refractivity contribution in [3.05, 3.63) is 17.8 Å². The van der Waals surface area contributed by atoms with Crippen LogP contribution in [0.2, 0.25) is 0 Å². The van der Waals surface area contributed by atoms with Crippen molar-refractivity contribution in [3.63, 3.8) is 0 Å². The Labute approximate surface area is 88.1 Å². The van der Waals surface area contributed by atoms with E-state index in [0.717, 1.165) is 24.1 Å². The Kier molecular flexibility index (Phi) is 2.53. The van der Waals surface area contributed by atoms with Crippen LogP contribution >= 0.6 is 0 Å². The van der Waals surface area contributed by atoms with E-state index < -0.39 is 0 Å². The lowest BCUT2D eigenvalue weighted by Gasteiger charge is -1.94. The molecule has 0 aromatic carbocycles. The molecule has 0 unspecified atom stereocenters. The Morgan fingerprint density at radius 2 is 2.20 bits per heavy atom. The van der Waals surface area contributed by atoms with Crippen LogP contribution in [0.5, 0.6) is 0 Å². The highest BCUT2D eigenvalue weighted by molar-refractivity contribution is 5.54. The second kappa shape index (κ2) is 3.84. The summed E-state index contributed by atoms with van der Waals surface area (Å²) in [6.07, 6.45) is 3.58. The van der Waals surface area contributed by atoms with Crippen LogP contribution in [-0.2, 0) is 13.5 Å². The molecule has 0 bridgehead atoms. The summed E-state index contributed by atoms with van der Waals surface area (Å²) >= 11 is 0. The Morgan fingerprint density at radius 3 is 2.80 bits per heavy atom. The second-order valence-electron chi connectivity index (χ2n) is 3.52. The molecule has 5 heteroatoms. The van der Waals surface area contributed by atoms with Gasteiger partial charge in [-0.2, -0.15) is 5.10 Å². The van der Waals surface area contributed by atoms with Gasteiger partial charge >= 0.3 is 0 Å². The van der Waals surface area contributed by atoms with Crippen molar-refractivity contribution < 1.29 is 4.42 Å². The third kappa shape index (κ3) is 1.77. The van der Waals surface area contributed by atoms with Crippen LogP contribution in [0.25, 0.3) is 11.5 Å². The van der Waals surface area contributed by atoms with Gasteiger partial charge in [-0.1, -0.05) is 6.92 Å². The van der Waals surface area contributed by atoms with Gasteiger partial charge in [0.1, 0.15) is 0 Å². The summed E-state index contributed by atoms with van der Waals surface area (Å²) in [5.41, 5.74) is 1.94. The molecule has 0 amide bonds. The first kappa shape index (κ1) is 9.89. The van der Waals surface area contributed by atoms with Gasteiger partial charge in [0, 0.05) is 19.2 Å². The van der Waals surface area contributed by atoms with E-state index in [9.17, 15) is 0 Å². The van der Waals surface area contributed by atoms with E-state index in [4.69, 9.17) is 4.42 Å². The molecule has 0 saturated carbocycles. The summed E-state index contributed by atoms with van der Waals surface area (Å²) in [7, 11) is 1.89. The van der Waals surface area contributed by atoms with Crippen LogP contribution in [0.15, 0.2) is 10.6 Å². The standard InChI is InChI=1S/C10H14N4O/c1-4-5-9-12-13-10(15-9)8-6-11-14(3)7(8)2/h6H,4-5H2,1-3H3. The summed E-state index contributed by atoms with van der Waals surface area (Å²) in [6.45, 7) is 4.06. The molecule has 2 heterocycles. The van der Waals surface area contributed by atoms with Crippen LogP contribution in [0.1, 0.15) is 24.9 Å². The van der Waals surface area contributed by atoms with Crippen molar-refractivity contribution in [3.8, 4) is 11.5 Å². The van der Waals surface area contributed by atoms with E-state index in [1.165, 1.54) is 0 Å². The highest BCUT2D eigenvalue weighted by Crippen LogP contribution is 2.21. The molecule has 0 radical (unpaired) electrons. The minimum absolute atomic E-state index is 0.559. The van der Waals surface area contributed by atoms with E-state index in [2.05, 4.69) is 22.2 Å². The smallest absolute Gasteiger partial charge is 0.251 e. The Balaban J connectivity index is 2.33. The van der Waals surface area contributed by atoms with Crippen LogP contribution < -0.4 is 0 Å². The molecule has 80 valence electrons. The van der Waals surface area contributed by atoms with E-state index in [-0.39, 0.29) is 0 Å². The van der Waals surface area contributed by atoms with Gasteiger partial charge in [-0.05, 0) is 13.3 Å². The van der Waals surface area contributed by atoms with Crippen molar-refractivity contribution in [1.82, 2.24) is 20.0 Å². The van der Waals surface area contributed by atoms with E-state index in [0.29, 0.717) is 11.8 Å². The molecule has 5 nitrogen and oxygen atoms in total. The highest BCUT2D eigenvalue weighted by atomic mass is 16.4. The van der Waals surface area contributed by atoms with Gasteiger partial charge in [-0.25, -0.2) is 0 Å². The Bertz CT molecular complexity index is 458. The molecule has 0 saturated heterocycles. The number of nitrogens with zero attached hydrogens (tertiary/aromatic N) is 4. The highest BCUT2D eigenvalue weighted by Gasteiger charge is 2.13. The Morgan fingerprint density at radius 1 is 1.40 bits per heavy atom. The fourth-order valence-electron chi connectivity index (χ4n) is 1.39. The van der Waals surface area contributed by atoms with Gasteiger partial charge < -0.3 is 4.42 Å². The fraction of sp³-hybridized carbons (Fsp3) is 0.500. The molecule has 2 aromatic rings. The molecule has 0 fully saturated rings. The summed E-state index contributed by atoms with van der Waals surface area (Å²) in [5.74, 6) is 1.25. The minimum Gasteiger partial charge on any atom is -0.421 e. The third-order valence-electron chi connectivity index (χ3n) is 2.40. The maximum Gasteiger partial charge on any atom is 0.251 e. The minimum atomic E-state index is 0.559. The lowest BCUT2D eigenvalue weighted by molar-refractivity contribution is 0.502. The van der Waals surface area contributed by atoms with Crippen molar-refractivity contribution >= 4 is 0 Å². The maximum absolute atomic E-state index is 5.53. The van der Waals surface area contributed by atoms with Crippen LogP contribution in [0.4, 0.5) is 0 Å². The molecular weight excluding hydrogens is 192 g/mol. The fourth-order valence-corrected chi connectivity index (χ4v) is 1.39. The zero-order chi connectivity index (χ0) is 10.8. The lowest BCUT2D eigenvalue weighted by atomic mass is 10.3. The van der Waals surface area contributed by atoms with E-state index in [1.54, 1.807) is 10.9 Å². The molecular formula is C10H14N4O. The van der Waals surface area contributed by atoms with Crippen LogP contribution in [-0.4, -0.2) is 20.0 Å². The van der Waals surface area contributed by atoms with Gasteiger partial charge in [-0.15, -0.1) is 10.2 Å². The molecule has 2 rings (SSSR count). The SMILES string of the molecule is CCCc1nnc(-c2cnn(C)c2C)o1. The average molecular weight is 206 g/mol. The normalized spacial score (nSPS) is 10.9. The zero-order valence-electron chi connectivity index (χ0n) is 9.19. The molecule has 0 N–H and O–H groups in total. The van der Waals surface area contributed by atoms with Gasteiger partial charge in [-0.3, -0.25) is 4.68 Å². The second-order valence-corrected chi connectivity index (χ2v) is 3.52. The number of rotatable bonds is 3. The van der Waals surface area contributed by atoms with Crippen LogP contribution in [0.3, 0.4) is 0 Å². The number of aryl methyl sites for hydroxylation is 2. The van der Waals surface area contributed by atoms with Crippen molar-refractivity contribution in [2.75, 3.05) is 0 Å². The summed E-state index contributed by atoms with van der Waals surface area (Å²) in [4.78, 5) is 0. The summed E-state index contributed by atoms with van der Waals surface area (Å²) in [6, 6.07) is 0. The first-order chi connectivity index (χ1) is 7.22. The zero-order valence-corrected chi connectivity index (χ0v) is 9.19. The third-order valence-corrected chi connectivity index (χ3v) is 2.40. The first-order valence-electron chi connectivity index (χ1n) is 5.03. The molecule has 0 aliphatic rings. The number of hydrogen-bond acceptors (Lipinski definition) is 4. The van der Waals surface area contributed by atoms with Crippen molar-refractivity contribution in [1.29, 1.82) is 0 Å². The van der Waals surface area contributed by atoms with Gasteiger partial charge in [0.05, 0.1) is 11.8 Å². The molecule has 0 atom stereocenters. The summed E-state index contributed by atoms with van der Waals surface area (Å²) < 4.78 is 7.32.